The quantitative estimate of drug-likeness (QED) is 0.633. The average molecular weight is 191 g/mol. The molecule has 2 atom stereocenters. The number of hydrogen-bond acceptors (Lipinski definition) is 4. The first-order chi connectivity index (χ1) is 5.61. The summed E-state index contributed by atoms with van der Waals surface area (Å²) in [4.78, 5) is 10.6. The standard InChI is InChI=1S/C7H11ClN2O2/c1-5(3-9)10-4-6(12-2)7(8)11/h5-6,10H,4H2,1-2H3. The number of halogens is 1. The largest absolute Gasteiger partial charge is 0.371 e. The van der Waals surface area contributed by atoms with Crippen molar-refractivity contribution in [2.24, 2.45) is 0 Å². The van der Waals surface area contributed by atoms with Crippen LogP contribution in [0.3, 0.4) is 0 Å². The summed E-state index contributed by atoms with van der Waals surface area (Å²) in [6.45, 7) is 1.94. The number of ether oxygens (including phenoxy) is 1. The lowest BCUT2D eigenvalue weighted by atomic mass is 10.3. The van der Waals surface area contributed by atoms with Gasteiger partial charge in [-0.2, -0.15) is 5.26 Å². The first-order valence-corrected chi connectivity index (χ1v) is 3.84. The second-order valence-corrected chi connectivity index (χ2v) is 2.66. The van der Waals surface area contributed by atoms with Crippen molar-refractivity contribution in [3.05, 3.63) is 0 Å². The first-order valence-electron chi connectivity index (χ1n) is 3.47. The molecule has 0 aliphatic carbocycles. The van der Waals surface area contributed by atoms with Crippen LogP contribution in [-0.2, 0) is 9.53 Å². The van der Waals surface area contributed by atoms with Crippen LogP contribution in [0.25, 0.3) is 0 Å². The Kier molecular flexibility index (Phi) is 5.64. The normalized spacial score (nSPS) is 14.8. The van der Waals surface area contributed by atoms with Gasteiger partial charge in [0.1, 0.15) is 6.10 Å². The van der Waals surface area contributed by atoms with Crippen LogP contribution in [0, 0.1) is 11.3 Å². The number of nitrogens with zero attached hydrogens (tertiary/aromatic N) is 1. The van der Waals surface area contributed by atoms with Crippen LogP contribution in [-0.4, -0.2) is 31.0 Å². The summed E-state index contributed by atoms with van der Waals surface area (Å²) >= 11 is 5.18. The Labute approximate surface area is 76.4 Å². The van der Waals surface area contributed by atoms with E-state index in [9.17, 15) is 4.79 Å². The van der Waals surface area contributed by atoms with Crippen LogP contribution in [0.5, 0.6) is 0 Å². The van der Waals surface area contributed by atoms with Gasteiger partial charge in [-0.25, -0.2) is 0 Å². The maximum absolute atomic E-state index is 10.6. The molecule has 0 bridgehead atoms. The van der Waals surface area contributed by atoms with E-state index >= 15 is 0 Å². The lowest BCUT2D eigenvalue weighted by molar-refractivity contribution is -0.120. The molecule has 68 valence electrons. The Morgan fingerprint density at radius 1 is 1.83 bits per heavy atom. The highest BCUT2D eigenvalue weighted by molar-refractivity contribution is 6.64. The van der Waals surface area contributed by atoms with E-state index in [0.717, 1.165) is 0 Å². The molecule has 5 heteroatoms. The summed E-state index contributed by atoms with van der Waals surface area (Å²) < 4.78 is 4.75. The van der Waals surface area contributed by atoms with Gasteiger partial charge >= 0.3 is 0 Å². The number of nitrogens with one attached hydrogen (secondary N) is 1. The SMILES string of the molecule is COC(CNC(C)C#N)C(=O)Cl. The Hall–Kier alpha value is -0.630. The fourth-order valence-corrected chi connectivity index (χ4v) is 0.752. The molecule has 2 unspecified atom stereocenters. The molecule has 0 aromatic carbocycles. The molecule has 0 spiro atoms. The van der Waals surface area contributed by atoms with Gasteiger partial charge in [0.25, 0.3) is 5.24 Å². The molecule has 0 fully saturated rings. The van der Waals surface area contributed by atoms with Gasteiger partial charge in [0.15, 0.2) is 0 Å². The van der Waals surface area contributed by atoms with Crippen molar-refractivity contribution in [3.63, 3.8) is 0 Å². The summed E-state index contributed by atoms with van der Waals surface area (Å²) in [7, 11) is 1.39. The minimum Gasteiger partial charge on any atom is -0.371 e. The lowest BCUT2D eigenvalue weighted by Gasteiger charge is -2.12. The lowest BCUT2D eigenvalue weighted by Crippen LogP contribution is -2.36. The van der Waals surface area contributed by atoms with E-state index in [1.54, 1.807) is 6.92 Å². The molecule has 0 aromatic heterocycles. The van der Waals surface area contributed by atoms with Gasteiger partial charge in [-0.3, -0.25) is 10.1 Å². The summed E-state index contributed by atoms with van der Waals surface area (Å²) in [6.07, 6.45) is -0.678. The molecule has 0 saturated carbocycles. The van der Waals surface area contributed by atoms with E-state index < -0.39 is 11.3 Å². The van der Waals surface area contributed by atoms with E-state index in [1.165, 1.54) is 7.11 Å². The fraction of sp³-hybridized carbons (Fsp3) is 0.714. The molecule has 0 aliphatic rings. The van der Waals surface area contributed by atoms with Gasteiger partial charge in [-0.05, 0) is 18.5 Å². The topological polar surface area (TPSA) is 62.1 Å². The average Bonchev–Trinajstić information content (AvgIpc) is 2.04. The monoisotopic (exact) mass is 190 g/mol. The molecule has 0 saturated heterocycles. The summed E-state index contributed by atoms with van der Waals surface area (Å²) in [5.41, 5.74) is 0. The molecule has 0 radical (unpaired) electrons. The zero-order valence-corrected chi connectivity index (χ0v) is 7.76. The third-order valence-electron chi connectivity index (χ3n) is 1.34. The van der Waals surface area contributed by atoms with Crippen LogP contribution < -0.4 is 5.32 Å². The van der Waals surface area contributed by atoms with Crippen molar-refractivity contribution in [1.29, 1.82) is 5.26 Å². The molecule has 0 amide bonds. The summed E-state index contributed by atoms with van der Waals surface area (Å²) in [6, 6.07) is 1.66. The van der Waals surface area contributed by atoms with E-state index in [-0.39, 0.29) is 12.6 Å². The molecule has 12 heavy (non-hydrogen) atoms. The van der Waals surface area contributed by atoms with Crippen molar-refractivity contribution < 1.29 is 9.53 Å². The fourth-order valence-electron chi connectivity index (χ4n) is 0.586. The van der Waals surface area contributed by atoms with Crippen LogP contribution in [0.1, 0.15) is 6.92 Å². The highest BCUT2D eigenvalue weighted by Crippen LogP contribution is 1.95. The third kappa shape index (κ3) is 4.29. The molecule has 1 N–H and O–H groups in total. The maximum atomic E-state index is 10.6. The third-order valence-corrected chi connectivity index (χ3v) is 1.58. The first kappa shape index (κ1) is 11.4. The highest BCUT2D eigenvalue weighted by Gasteiger charge is 2.15. The minimum absolute atomic E-state index is 0.258. The van der Waals surface area contributed by atoms with Gasteiger partial charge < -0.3 is 4.74 Å². The minimum atomic E-state index is -0.678. The van der Waals surface area contributed by atoms with Crippen molar-refractivity contribution >= 4 is 16.8 Å². The molecule has 0 aliphatic heterocycles. The van der Waals surface area contributed by atoms with Gasteiger partial charge in [0.05, 0.1) is 12.1 Å². The van der Waals surface area contributed by atoms with E-state index in [0.29, 0.717) is 0 Å². The van der Waals surface area contributed by atoms with Crippen LogP contribution in [0.2, 0.25) is 0 Å². The second kappa shape index (κ2) is 5.95. The molecular weight excluding hydrogens is 180 g/mol. The molecule has 4 nitrogen and oxygen atoms in total. The Morgan fingerprint density at radius 3 is 2.75 bits per heavy atom. The zero-order valence-electron chi connectivity index (χ0n) is 7.00. The van der Waals surface area contributed by atoms with Crippen molar-refractivity contribution in [2.75, 3.05) is 13.7 Å². The van der Waals surface area contributed by atoms with E-state index in [1.807, 2.05) is 6.07 Å². The Bertz CT molecular complexity index is 190. The van der Waals surface area contributed by atoms with Crippen molar-refractivity contribution in [3.8, 4) is 6.07 Å². The number of rotatable bonds is 5. The van der Waals surface area contributed by atoms with Gasteiger partial charge in [0, 0.05) is 13.7 Å². The number of methoxy groups -OCH3 is 1. The maximum Gasteiger partial charge on any atom is 0.251 e. The number of hydrogen-bond donors (Lipinski definition) is 1. The van der Waals surface area contributed by atoms with Crippen molar-refractivity contribution in [2.45, 2.75) is 19.1 Å². The number of carbonyl (C=O) groups is 1. The van der Waals surface area contributed by atoms with Gasteiger partial charge in [-0.15, -0.1) is 0 Å². The van der Waals surface area contributed by atoms with Crippen molar-refractivity contribution in [1.82, 2.24) is 5.32 Å². The predicted octanol–water partition coefficient (Wildman–Crippen LogP) is 0.268. The van der Waals surface area contributed by atoms with E-state index in [2.05, 4.69) is 5.32 Å². The molecule has 0 rings (SSSR count). The highest BCUT2D eigenvalue weighted by atomic mass is 35.5. The Balaban J connectivity index is 3.75. The van der Waals surface area contributed by atoms with Crippen LogP contribution >= 0.6 is 11.6 Å². The molecular formula is C7H11ClN2O2. The van der Waals surface area contributed by atoms with Gasteiger partial charge in [0.2, 0.25) is 0 Å². The van der Waals surface area contributed by atoms with Crippen LogP contribution in [0.4, 0.5) is 0 Å². The molecule has 0 aromatic rings. The van der Waals surface area contributed by atoms with Crippen LogP contribution in [0.15, 0.2) is 0 Å². The zero-order chi connectivity index (χ0) is 9.56. The second-order valence-electron chi connectivity index (χ2n) is 2.29. The summed E-state index contributed by atoms with van der Waals surface area (Å²) in [5, 5.41) is 10.6. The summed E-state index contributed by atoms with van der Waals surface area (Å²) in [5.74, 6) is 0. The predicted molar refractivity (Wildman–Crippen MR) is 44.7 cm³/mol. The van der Waals surface area contributed by atoms with E-state index in [4.69, 9.17) is 21.6 Å². The number of carbonyl (C=O) groups excluding carboxylic acids is 1. The smallest absolute Gasteiger partial charge is 0.251 e. The molecule has 0 heterocycles. The number of nitriles is 1. The van der Waals surface area contributed by atoms with Gasteiger partial charge in [-0.1, -0.05) is 0 Å². The Morgan fingerprint density at radius 2 is 2.42 bits per heavy atom.